The third-order valence-corrected chi connectivity index (χ3v) is 5.28. The smallest absolute Gasteiger partial charge is 0.336 e. The van der Waals surface area contributed by atoms with Gasteiger partial charge in [-0.05, 0) is 56.5 Å². The molecule has 3 rings (SSSR count). The summed E-state index contributed by atoms with van der Waals surface area (Å²) < 4.78 is 0. The minimum absolute atomic E-state index is 0.0807. The monoisotopic (exact) mass is 380 g/mol. The van der Waals surface area contributed by atoms with Crippen LogP contribution in [0.1, 0.15) is 46.0 Å². The number of rotatable bonds is 4. The number of hydrogen-bond donors (Lipinski definition) is 2. The Kier molecular flexibility index (Phi) is 5.49. The largest absolute Gasteiger partial charge is 0.478 e. The lowest BCUT2D eigenvalue weighted by Crippen LogP contribution is -2.50. The van der Waals surface area contributed by atoms with Crippen LogP contribution < -0.4 is 5.32 Å². The van der Waals surface area contributed by atoms with E-state index in [1.54, 1.807) is 36.1 Å². The second kappa shape index (κ2) is 7.84. The van der Waals surface area contributed by atoms with Gasteiger partial charge in [-0.2, -0.15) is 0 Å². The van der Waals surface area contributed by atoms with E-state index in [-0.39, 0.29) is 17.4 Å². The number of nitrogens with zero attached hydrogens (tertiary/aromatic N) is 1. The van der Waals surface area contributed by atoms with Gasteiger partial charge >= 0.3 is 5.97 Å². The first-order chi connectivity index (χ1) is 13.3. The summed E-state index contributed by atoms with van der Waals surface area (Å²) in [6.45, 7) is 4.50. The highest BCUT2D eigenvalue weighted by atomic mass is 16.4. The Morgan fingerprint density at radius 2 is 1.82 bits per heavy atom. The standard InChI is InChI=1S/C22H24N2O4/c1-15-9-10-17(13-18(15)20(26)27)23-21(28)22(2)11-6-12-24(14-22)19(25)16-7-4-3-5-8-16/h3-5,7-10,13H,6,11-12,14H2,1-2H3,(H,23,28)(H,26,27). The predicted molar refractivity (Wildman–Crippen MR) is 106 cm³/mol. The van der Waals surface area contributed by atoms with Gasteiger partial charge in [-0.25, -0.2) is 4.79 Å². The number of nitrogens with one attached hydrogen (secondary N) is 1. The van der Waals surface area contributed by atoms with Crippen molar-refractivity contribution in [3.05, 3.63) is 65.2 Å². The van der Waals surface area contributed by atoms with Crippen molar-refractivity contribution >= 4 is 23.5 Å². The van der Waals surface area contributed by atoms with Gasteiger partial charge in [0.25, 0.3) is 5.91 Å². The third-order valence-electron chi connectivity index (χ3n) is 5.28. The molecule has 1 atom stereocenters. The van der Waals surface area contributed by atoms with E-state index in [1.165, 1.54) is 6.07 Å². The van der Waals surface area contributed by atoms with E-state index >= 15 is 0 Å². The molecular weight excluding hydrogens is 356 g/mol. The van der Waals surface area contributed by atoms with Crippen LogP contribution in [0.2, 0.25) is 0 Å². The molecule has 1 heterocycles. The summed E-state index contributed by atoms with van der Waals surface area (Å²) in [5, 5.41) is 12.1. The molecule has 2 N–H and O–H groups in total. The number of carbonyl (C=O) groups excluding carboxylic acids is 2. The zero-order valence-corrected chi connectivity index (χ0v) is 16.1. The average molecular weight is 380 g/mol. The molecule has 1 aliphatic rings. The number of carboxylic acids is 1. The molecule has 1 unspecified atom stereocenters. The molecule has 0 aromatic heterocycles. The number of likely N-dealkylation sites (tertiary alicyclic amines) is 1. The minimum Gasteiger partial charge on any atom is -0.478 e. The molecule has 2 aromatic carbocycles. The molecule has 146 valence electrons. The molecule has 6 heteroatoms. The second-order valence-corrected chi connectivity index (χ2v) is 7.55. The summed E-state index contributed by atoms with van der Waals surface area (Å²) in [5.41, 5.74) is 1.11. The lowest BCUT2D eigenvalue weighted by atomic mass is 9.80. The molecular formula is C22H24N2O4. The Balaban J connectivity index is 1.75. The van der Waals surface area contributed by atoms with Crippen LogP contribution in [-0.4, -0.2) is 40.9 Å². The molecule has 1 saturated heterocycles. The van der Waals surface area contributed by atoms with Crippen LogP contribution in [0.3, 0.4) is 0 Å². The fourth-order valence-corrected chi connectivity index (χ4v) is 3.57. The van der Waals surface area contributed by atoms with Crippen molar-refractivity contribution in [1.82, 2.24) is 4.90 Å². The van der Waals surface area contributed by atoms with Gasteiger partial charge < -0.3 is 15.3 Å². The summed E-state index contributed by atoms with van der Waals surface area (Å²) in [7, 11) is 0. The van der Waals surface area contributed by atoms with Crippen molar-refractivity contribution in [2.24, 2.45) is 5.41 Å². The number of aryl methyl sites for hydroxylation is 1. The normalized spacial score (nSPS) is 19.1. The first kappa shape index (κ1) is 19.6. The van der Waals surface area contributed by atoms with Crippen molar-refractivity contribution < 1.29 is 19.5 Å². The lowest BCUT2D eigenvalue weighted by molar-refractivity contribution is -0.127. The maximum Gasteiger partial charge on any atom is 0.336 e. The van der Waals surface area contributed by atoms with Gasteiger partial charge in [-0.3, -0.25) is 9.59 Å². The SMILES string of the molecule is Cc1ccc(NC(=O)C2(C)CCCN(C(=O)c3ccccc3)C2)cc1C(=O)O. The molecule has 1 aliphatic heterocycles. The Morgan fingerprint density at radius 1 is 1.11 bits per heavy atom. The maximum absolute atomic E-state index is 13.0. The van der Waals surface area contributed by atoms with E-state index in [1.807, 2.05) is 25.1 Å². The van der Waals surface area contributed by atoms with Crippen LogP contribution in [0.4, 0.5) is 5.69 Å². The van der Waals surface area contributed by atoms with Crippen LogP contribution in [0, 0.1) is 12.3 Å². The predicted octanol–water partition coefficient (Wildman–Crippen LogP) is 3.57. The van der Waals surface area contributed by atoms with Crippen LogP contribution in [0.5, 0.6) is 0 Å². The van der Waals surface area contributed by atoms with E-state index in [2.05, 4.69) is 5.32 Å². The van der Waals surface area contributed by atoms with E-state index in [9.17, 15) is 19.5 Å². The minimum atomic E-state index is -1.03. The van der Waals surface area contributed by atoms with Gasteiger partial charge in [-0.15, -0.1) is 0 Å². The summed E-state index contributed by atoms with van der Waals surface area (Å²) in [5.74, 6) is -1.32. The van der Waals surface area contributed by atoms with Gasteiger partial charge in [0.2, 0.25) is 5.91 Å². The number of hydrogen-bond acceptors (Lipinski definition) is 3. The lowest BCUT2D eigenvalue weighted by Gasteiger charge is -2.39. The topological polar surface area (TPSA) is 86.7 Å². The van der Waals surface area contributed by atoms with Crippen LogP contribution in [0.15, 0.2) is 48.5 Å². The second-order valence-electron chi connectivity index (χ2n) is 7.55. The number of piperidine rings is 1. The molecule has 2 aromatic rings. The molecule has 2 amide bonds. The Hall–Kier alpha value is -3.15. The van der Waals surface area contributed by atoms with Gasteiger partial charge in [0.05, 0.1) is 11.0 Å². The average Bonchev–Trinajstić information content (AvgIpc) is 2.69. The van der Waals surface area contributed by atoms with Crippen molar-refractivity contribution in [3.63, 3.8) is 0 Å². The molecule has 0 radical (unpaired) electrons. The van der Waals surface area contributed by atoms with E-state index in [0.29, 0.717) is 36.3 Å². The van der Waals surface area contributed by atoms with Gasteiger partial charge in [0, 0.05) is 24.3 Å². The molecule has 28 heavy (non-hydrogen) atoms. The first-order valence-corrected chi connectivity index (χ1v) is 9.30. The Morgan fingerprint density at radius 3 is 2.50 bits per heavy atom. The molecule has 1 fully saturated rings. The molecule has 0 aliphatic carbocycles. The van der Waals surface area contributed by atoms with Gasteiger partial charge in [0.15, 0.2) is 0 Å². The zero-order chi connectivity index (χ0) is 20.3. The molecule has 6 nitrogen and oxygen atoms in total. The van der Waals surface area contributed by atoms with E-state index < -0.39 is 11.4 Å². The fourth-order valence-electron chi connectivity index (χ4n) is 3.57. The Bertz CT molecular complexity index is 910. The zero-order valence-electron chi connectivity index (χ0n) is 16.1. The van der Waals surface area contributed by atoms with Crippen molar-refractivity contribution in [3.8, 4) is 0 Å². The molecule has 0 saturated carbocycles. The van der Waals surface area contributed by atoms with Crippen LogP contribution in [0.25, 0.3) is 0 Å². The maximum atomic E-state index is 13.0. The summed E-state index contributed by atoms with van der Waals surface area (Å²) in [6, 6.07) is 13.9. The number of carboxylic acid groups (broad SMARTS) is 1. The summed E-state index contributed by atoms with van der Waals surface area (Å²) in [4.78, 5) is 38.8. The summed E-state index contributed by atoms with van der Waals surface area (Å²) >= 11 is 0. The van der Waals surface area contributed by atoms with Gasteiger partial charge in [0.1, 0.15) is 0 Å². The fraction of sp³-hybridized carbons (Fsp3) is 0.318. The number of amides is 2. The van der Waals surface area contributed by atoms with Gasteiger partial charge in [-0.1, -0.05) is 24.3 Å². The van der Waals surface area contributed by atoms with Crippen molar-refractivity contribution in [2.75, 3.05) is 18.4 Å². The molecule has 0 spiro atoms. The number of carbonyl (C=O) groups is 3. The highest BCUT2D eigenvalue weighted by molar-refractivity contribution is 5.99. The number of anilines is 1. The molecule has 0 bridgehead atoms. The van der Waals surface area contributed by atoms with E-state index in [0.717, 1.165) is 6.42 Å². The van der Waals surface area contributed by atoms with E-state index in [4.69, 9.17) is 0 Å². The quantitative estimate of drug-likeness (QED) is 0.849. The summed E-state index contributed by atoms with van der Waals surface area (Å²) in [6.07, 6.45) is 1.39. The highest BCUT2D eigenvalue weighted by Crippen LogP contribution is 2.32. The highest BCUT2D eigenvalue weighted by Gasteiger charge is 2.39. The van der Waals surface area contributed by atoms with Crippen molar-refractivity contribution in [2.45, 2.75) is 26.7 Å². The first-order valence-electron chi connectivity index (χ1n) is 9.30. The third kappa shape index (κ3) is 4.06. The number of aromatic carboxylic acids is 1. The Labute approximate surface area is 164 Å². The number of benzene rings is 2. The van der Waals surface area contributed by atoms with Crippen LogP contribution in [-0.2, 0) is 4.79 Å². The van der Waals surface area contributed by atoms with Crippen LogP contribution >= 0.6 is 0 Å². The van der Waals surface area contributed by atoms with Crippen molar-refractivity contribution in [1.29, 1.82) is 0 Å².